The first-order chi connectivity index (χ1) is 26.8. The number of hydrogen-bond acceptors (Lipinski definition) is 0. The summed E-state index contributed by atoms with van der Waals surface area (Å²) >= 11 is 0. The molecule has 0 radical (unpaired) electrons. The van der Waals surface area contributed by atoms with Crippen LogP contribution in [0.4, 0.5) is 0 Å². The molecule has 0 saturated carbocycles. The average molecular weight is 789 g/mol. The summed E-state index contributed by atoms with van der Waals surface area (Å²) in [4.78, 5) is 0. The van der Waals surface area contributed by atoms with Crippen molar-refractivity contribution in [2.24, 2.45) is 0 Å². The van der Waals surface area contributed by atoms with E-state index in [2.05, 4.69) is 44.5 Å². The van der Waals surface area contributed by atoms with Gasteiger partial charge < -0.3 is 12.4 Å². The largest absolute Gasteiger partial charge is 1.00 e. The molecule has 0 N–H and O–H groups in total. The number of unbranched alkanes of at least 4 members (excludes halogenated alkanes) is 36. The second kappa shape index (κ2) is 44.5. The highest BCUT2D eigenvalue weighted by atomic mass is 35.5. The molecule has 55 heavy (non-hydrogen) atoms. The van der Waals surface area contributed by atoms with Crippen LogP contribution in [0.15, 0.2) is 12.3 Å². The third kappa shape index (κ3) is 34.1. The van der Waals surface area contributed by atoms with Crippen LogP contribution in [0.3, 0.4) is 0 Å². The lowest BCUT2D eigenvalue weighted by molar-refractivity contribution is -0.705. The van der Waals surface area contributed by atoms with Gasteiger partial charge in [0.05, 0.1) is 0 Å². The third-order valence-corrected chi connectivity index (χ3v) is 12.6. The Morgan fingerprint density at radius 2 is 0.582 bits per heavy atom. The second-order valence-electron chi connectivity index (χ2n) is 17.9. The van der Waals surface area contributed by atoms with E-state index >= 15 is 0 Å². The molecule has 1 rings (SSSR count). The van der Waals surface area contributed by atoms with Crippen LogP contribution in [0.1, 0.15) is 301 Å². The van der Waals surface area contributed by atoms with Crippen molar-refractivity contribution >= 4 is 0 Å². The molecular formula is C53H102ClN. The van der Waals surface area contributed by atoms with Gasteiger partial charge in [-0.25, -0.2) is 4.57 Å². The van der Waals surface area contributed by atoms with Gasteiger partial charge in [-0.15, -0.1) is 0 Å². The molecule has 0 unspecified atom stereocenters. The SMILES string of the molecule is CCCCCCCCCCCCc1cc[n+](CCCCCCCCCCCC)c(CCCCCCCCCCCC)c1CCCCCCCCCCCC.[Cl-]. The summed E-state index contributed by atoms with van der Waals surface area (Å²) in [6, 6.07) is 2.59. The van der Waals surface area contributed by atoms with Crippen molar-refractivity contribution in [2.45, 2.75) is 310 Å². The zero-order chi connectivity index (χ0) is 38.8. The maximum Gasteiger partial charge on any atom is 0.184 e. The van der Waals surface area contributed by atoms with Crippen LogP contribution in [0.2, 0.25) is 0 Å². The van der Waals surface area contributed by atoms with E-state index in [0.717, 1.165) is 0 Å². The molecular weight excluding hydrogens is 686 g/mol. The van der Waals surface area contributed by atoms with Crippen LogP contribution in [0, 0.1) is 0 Å². The molecule has 0 saturated heterocycles. The lowest BCUT2D eigenvalue weighted by Crippen LogP contribution is -3.00. The van der Waals surface area contributed by atoms with Gasteiger partial charge in [-0.1, -0.05) is 252 Å². The first-order valence-electron chi connectivity index (χ1n) is 25.8. The summed E-state index contributed by atoms with van der Waals surface area (Å²) < 4.78 is 2.77. The van der Waals surface area contributed by atoms with Crippen LogP contribution in [-0.4, -0.2) is 0 Å². The summed E-state index contributed by atoms with van der Waals surface area (Å²) in [5, 5.41) is 0. The molecule has 0 aromatic carbocycles. The standard InChI is InChI=1S/C53H102N.ClH/c1-5-9-13-17-21-25-29-33-37-41-45-51-48-50-54(49-44-40-36-32-28-24-20-16-12-8-4)53(47-43-39-35-31-27-23-19-15-11-7-3)52(51)46-42-38-34-30-26-22-18-14-10-6-2;/h48,50H,5-47,49H2,1-4H3;1H/q+1;/p-1. The van der Waals surface area contributed by atoms with Gasteiger partial charge in [0.15, 0.2) is 11.9 Å². The fourth-order valence-corrected chi connectivity index (χ4v) is 8.91. The molecule has 1 nitrogen and oxygen atoms in total. The number of aryl methyl sites for hydroxylation is 2. The van der Waals surface area contributed by atoms with Gasteiger partial charge in [0.25, 0.3) is 0 Å². The van der Waals surface area contributed by atoms with Crippen molar-refractivity contribution < 1.29 is 17.0 Å². The molecule has 1 aromatic rings. The third-order valence-electron chi connectivity index (χ3n) is 12.6. The minimum absolute atomic E-state index is 0. The predicted molar refractivity (Wildman–Crippen MR) is 245 cm³/mol. The molecule has 0 aliphatic rings. The minimum Gasteiger partial charge on any atom is -1.00 e. The van der Waals surface area contributed by atoms with E-state index in [1.54, 1.807) is 16.8 Å². The maximum atomic E-state index is 2.77. The van der Waals surface area contributed by atoms with Crippen molar-refractivity contribution in [3.63, 3.8) is 0 Å². The van der Waals surface area contributed by atoms with Crippen LogP contribution < -0.4 is 17.0 Å². The molecule has 326 valence electrons. The zero-order valence-corrected chi connectivity index (χ0v) is 39.3. The first-order valence-corrected chi connectivity index (χ1v) is 25.8. The van der Waals surface area contributed by atoms with Crippen molar-refractivity contribution in [3.8, 4) is 0 Å². The number of pyridine rings is 1. The van der Waals surface area contributed by atoms with Crippen molar-refractivity contribution in [1.29, 1.82) is 0 Å². The Balaban J connectivity index is 0.0000292. The maximum absolute atomic E-state index is 2.77. The minimum atomic E-state index is 0. The predicted octanol–water partition coefficient (Wildman–Crippen LogP) is 15.3. The number of aromatic nitrogens is 1. The Labute approximate surface area is 355 Å². The van der Waals surface area contributed by atoms with E-state index in [-0.39, 0.29) is 12.4 Å². The number of hydrogen-bond donors (Lipinski definition) is 0. The molecule has 2 heteroatoms. The van der Waals surface area contributed by atoms with Crippen molar-refractivity contribution in [3.05, 3.63) is 29.1 Å². The van der Waals surface area contributed by atoms with Crippen LogP contribution in [0.25, 0.3) is 0 Å². The number of halogens is 1. The van der Waals surface area contributed by atoms with Gasteiger partial charge >= 0.3 is 0 Å². The van der Waals surface area contributed by atoms with Crippen molar-refractivity contribution in [1.82, 2.24) is 0 Å². The Morgan fingerprint density at radius 1 is 0.309 bits per heavy atom. The second-order valence-corrected chi connectivity index (χ2v) is 17.9. The van der Waals surface area contributed by atoms with Gasteiger partial charge in [0.1, 0.15) is 6.54 Å². The number of nitrogens with zero attached hydrogens (tertiary/aromatic N) is 1. The molecule has 0 fully saturated rings. The summed E-state index contributed by atoms with van der Waals surface area (Å²) in [6.45, 7) is 10.6. The van der Waals surface area contributed by atoms with Gasteiger partial charge in [-0.3, -0.25) is 0 Å². The molecule has 1 aromatic heterocycles. The fraction of sp³-hybridized carbons (Fsp3) is 0.906. The monoisotopic (exact) mass is 788 g/mol. The van der Waals surface area contributed by atoms with Gasteiger partial charge in [0, 0.05) is 24.5 Å². The summed E-state index contributed by atoms with van der Waals surface area (Å²) in [6.07, 6.45) is 63.8. The van der Waals surface area contributed by atoms with Gasteiger partial charge in [-0.2, -0.15) is 0 Å². The van der Waals surface area contributed by atoms with Crippen LogP contribution in [0.5, 0.6) is 0 Å². The average Bonchev–Trinajstić information content (AvgIpc) is 3.18. The lowest BCUT2D eigenvalue weighted by Gasteiger charge is -2.15. The summed E-state index contributed by atoms with van der Waals surface area (Å²) in [5.41, 5.74) is 5.29. The lowest BCUT2D eigenvalue weighted by atomic mass is 9.92. The molecule has 0 aliphatic heterocycles. The highest BCUT2D eigenvalue weighted by Crippen LogP contribution is 2.23. The highest BCUT2D eigenvalue weighted by Gasteiger charge is 2.20. The molecule has 0 atom stereocenters. The van der Waals surface area contributed by atoms with E-state index < -0.39 is 0 Å². The molecule has 1 heterocycles. The molecule has 0 bridgehead atoms. The Kier molecular flexibility index (Phi) is 44.1. The molecule has 0 amide bonds. The summed E-state index contributed by atoms with van der Waals surface area (Å²) in [5.74, 6) is 0. The quantitative estimate of drug-likeness (QED) is 0.0458. The van der Waals surface area contributed by atoms with E-state index in [4.69, 9.17) is 0 Å². The van der Waals surface area contributed by atoms with E-state index in [1.165, 1.54) is 283 Å². The Bertz CT molecular complexity index is 808. The Hall–Kier alpha value is -0.560. The van der Waals surface area contributed by atoms with Gasteiger partial charge in [0.2, 0.25) is 0 Å². The van der Waals surface area contributed by atoms with E-state index in [0.29, 0.717) is 0 Å². The van der Waals surface area contributed by atoms with Gasteiger partial charge in [-0.05, 0) is 44.1 Å². The summed E-state index contributed by atoms with van der Waals surface area (Å²) in [7, 11) is 0. The van der Waals surface area contributed by atoms with Crippen LogP contribution >= 0.6 is 0 Å². The zero-order valence-electron chi connectivity index (χ0n) is 38.6. The molecule has 0 aliphatic carbocycles. The number of rotatable bonds is 44. The highest BCUT2D eigenvalue weighted by molar-refractivity contribution is 5.28. The first kappa shape index (κ1) is 54.4. The fourth-order valence-electron chi connectivity index (χ4n) is 8.91. The smallest absolute Gasteiger partial charge is 0.184 e. The van der Waals surface area contributed by atoms with E-state index in [9.17, 15) is 0 Å². The Morgan fingerprint density at radius 3 is 0.927 bits per heavy atom. The molecule has 0 spiro atoms. The topological polar surface area (TPSA) is 3.88 Å². The van der Waals surface area contributed by atoms with Crippen LogP contribution in [-0.2, 0) is 25.8 Å². The van der Waals surface area contributed by atoms with E-state index in [1.807, 2.05) is 0 Å². The van der Waals surface area contributed by atoms with Crippen molar-refractivity contribution in [2.75, 3.05) is 0 Å². The normalized spacial score (nSPS) is 11.4.